The van der Waals surface area contributed by atoms with Gasteiger partial charge in [0.15, 0.2) is 0 Å². The number of methoxy groups -OCH3 is 1. The summed E-state index contributed by atoms with van der Waals surface area (Å²) in [6.07, 6.45) is 3.92. The van der Waals surface area contributed by atoms with Crippen LogP contribution in [-0.2, 0) is 10.3 Å². The quantitative estimate of drug-likeness (QED) is 0.853. The zero-order valence-corrected chi connectivity index (χ0v) is 10.8. The van der Waals surface area contributed by atoms with Crippen LogP contribution < -0.4 is 5.32 Å². The molecule has 5 heteroatoms. The Kier molecular flexibility index (Phi) is 3.79. The minimum Gasteiger partial charge on any atom is -0.370 e. The molecule has 1 aliphatic rings. The largest absolute Gasteiger partial charge is 0.370 e. The van der Waals surface area contributed by atoms with Gasteiger partial charge in [-0.3, -0.25) is 0 Å². The van der Waals surface area contributed by atoms with Gasteiger partial charge in [0.05, 0.1) is 6.04 Å². The molecule has 0 radical (unpaired) electrons. The summed E-state index contributed by atoms with van der Waals surface area (Å²) in [6, 6.07) is 0.222. The predicted octanol–water partition coefficient (Wildman–Crippen LogP) is 2.16. The van der Waals surface area contributed by atoms with Crippen molar-refractivity contribution in [1.82, 2.24) is 15.5 Å². The maximum Gasteiger partial charge on any atom is 0.243 e. The van der Waals surface area contributed by atoms with E-state index in [1.165, 1.54) is 6.42 Å². The third-order valence-electron chi connectivity index (χ3n) is 3.74. The lowest BCUT2D eigenvalue weighted by Gasteiger charge is -2.25. The Morgan fingerprint density at radius 3 is 2.76 bits per heavy atom. The first kappa shape index (κ1) is 12.5. The fourth-order valence-electron chi connectivity index (χ4n) is 2.40. The van der Waals surface area contributed by atoms with Crippen molar-refractivity contribution in [2.45, 2.75) is 51.2 Å². The van der Waals surface area contributed by atoms with E-state index in [0.717, 1.165) is 25.8 Å². The zero-order valence-electron chi connectivity index (χ0n) is 10.8. The molecular weight excluding hydrogens is 218 g/mol. The van der Waals surface area contributed by atoms with Crippen LogP contribution in [-0.4, -0.2) is 23.8 Å². The van der Waals surface area contributed by atoms with Crippen molar-refractivity contribution in [2.75, 3.05) is 13.7 Å². The van der Waals surface area contributed by atoms with E-state index in [0.29, 0.717) is 11.7 Å². The van der Waals surface area contributed by atoms with Gasteiger partial charge in [0.2, 0.25) is 11.7 Å². The number of aromatic nitrogens is 2. The molecule has 1 aromatic rings. The van der Waals surface area contributed by atoms with Crippen molar-refractivity contribution in [2.24, 2.45) is 0 Å². The molecule has 0 unspecified atom stereocenters. The smallest absolute Gasteiger partial charge is 0.243 e. The Balaban J connectivity index is 2.21. The van der Waals surface area contributed by atoms with E-state index in [2.05, 4.69) is 29.3 Å². The minimum atomic E-state index is -0.402. The number of rotatable bonds is 5. The summed E-state index contributed by atoms with van der Waals surface area (Å²) in [4.78, 5) is 4.51. The highest BCUT2D eigenvalue weighted by Gasteiger charge is 2.35. The van der Waals surface area contributed by atoms with Crippen molar-refractivity contribution in [3.8, 4) is 0 Å². The highest BCUT2D eigenvalue weighted by molar-refractivity contribution is 5.03. The zero-order chi connectivity index (χ0) is 12.3. The van der Waals surface area contributed by atoms with Crippen LogP contribution in [0.5, 0.6) is 0 Å². The molecule has 0 spiro atoms. The lowest BCUT2D eigenvalue weighted by Crippen LogP contribution is -2.28. The molecule has 1 saturated heterocycles. The molecule has 1 aliphatic heterocycles. The molecule has 0 amide bonds. The number of nitrogens with one attached hydrogen (secondary N) is 1. The van der Waals surface area contributed by atoms with Crippen molar-refractivity contribution >= 4 is 0 Å². The number of ether oxygens (including phenoxy) is 1. The van der Waals surface area contributed by atoms with Gasteiger partial charge in [-0.1, -0.05) is 19.0 Å². The average Bonchev–Trinajstić information content (AvgIpc) is 3.03. The second-order valence-corrected chi connectivity index (χ2v) is 4.51. The second kappa shape index (κ2) is 5.14. The monoisotopic (exact) mass is 239 g/mol. The highest BCUT2D eigenvalue weighted by atomic mass is 16.5. The van der Waals surface area contributed by atoms with Crippen LogP contribution >= 0.6 is 0 Å². The molecule has 2 heterocycles. The lowest BCUT2D eigenvalue weighted by atomic mass is 9.96. The molecule has 5 nitrogen and oxygen atoms in total. The highest BCUT2D eigenvalue weighted by Crippen LogP contribution is 2.31. The van der Waals surface area contributed by atoms with Gasteiger partial charge in [0.1, 0.15) is 5.60 Å². The third-order valence-corrected chi connectivity index (χ3v) is 3.74. The van der Waals surface area contributed by atoms with Gasteiger partial charge in [-0.2, -0.15) is 4.98 Å². The van der Waals surface area contributed by atoms with Gasteiger partial charge in [-0.15, -0.1) is 0 Å². The summed E-state index contributed by atoms with van der Waals surface area (Å²) in [5.74, 6) is 1.37. The summed E-state index contributed by atoms with van der Waals surface area (Å²) in [7, 11) is 1.71. The molecule has 0 aromatic carbocycles. The van der Waals surface area contributed by atoms with Crippen LogP contribution in [0.1, 0.15) is 57.3 Å². The normalized spacial score (nSPS) is 21.0. The minimum absolute atomic E-state index is 0.222. The lowest BCUT2D eigenvalue weighted by molar-refractivity contribution is -0.0306. The first-order valence-electron chi connectivity index (χ1n) is 6.38. The molecular formula is C12H21N3O2. The molecule has 0 saturated carbocycles. The molecule has 1 atom stereocenters. The van der Waals surface area contributed by atoms with E-state index in [9.17, 15) is 0 Å². The first-order chi connectivity index (χ1) is 8.25. The number of hydrogen-bond donors (Lipinski definition) is 1. The summed E-state index contributed by atoms with van der Waals surface area (Å²) >= 11 is 0. The summed E-state index contributed by atoms with van der Waals surface area (Å²) in [5.41, 5.74) is -0.402. The van der Waals surface area contributed by atoms with Crippen LogP contribution in [0.2, 0.25) is 0 Å². The summed E-state index contributed by atoms with van der Waals surface area (Å²) < 4.78 is 10.9. The van der Waals surface area contributed by atoms with Crippen molar-refractivity contribution in [3.05, 3.63) is 11.7 Å². The Bertz CT molecular complexity index is 346. The van der Waals surface area contributed by atoms with Gasteiger partial charge in [0.25, 0.3) is 0 Å². The van der Waals surface area contributed by atoms with Gasteiger partial charge in [-0.05, 0) is 32.2 Å². The molecule has 1 aromatic heterocycles. The van der Waals surface area contributed by atoms with E-state index in [4.69, 9.17) is 9.26 Å². The Labute approximate surface area is 102 Å². The second-order valence-electron chi connectivity index (χ2n) is 4.51. The van der Waals surface area contributed by atoms with Crippen molar-refractivity contribution < 1.29 is 9.26 Å². The average molecular weight is 239 g/mol. The predicted molar refractivity (Wildman–Crippen MR) is 63.5 cm³/mol. The van der Waals surface area contributed by atoms with Crippen molar-refractivity contribution in [3.63, 3.8) is 0 Å². The SMILES string of the molecule is CCC(CC)(OC)c1noc([C@@H]2CCCN2)n1. The fraction of sp³-hybridized carbons (Fsp3) is 0.833. The van der Waals surface area contributed by atoms with Gasteiger partial charge >= 0.3 is 0 Å². The molecule has 0 bridgehead atoms. The van der Waals surface area contributed by atoms with Crippen LogP contribution in [0.3, 0.4) is 0 Å². The summed E-state index contributed by atoms with van der Waals surface area (Å²) in [6.45, 7) is 5.19. The first-order valence-corrected chi connectivity index (χ1v) is 6.38. The van der Waals surface area contributed by atoms with E-state index in [1.54, 1.807) is 7.11 Å². The van der Waals surface area contributed by atoms with E-state index < -0.39 is 5.60 Å². The molecule has 2 rings (SSSR count). The summed E-state index contributed by atoms with van der Waals surface area (Å²) in [5, 5.41) is 7.45. The number of hydrogen-bond acceptors (Lipinski definition) is 5. The Hall–Kier alpha value is -0.940. The topological polar surface area (TPSA) is 60.2 Å². The van der Waals surface area contributed by atoms with E-state index in [-0.39, 0.29) is 6.04 Å². The number of nitrogens with zero attached hydrogens (tertiary/aromatic N) is 2. The maximum absolute atomic E-state index is 5.59. The molecule has 17 heavy (non-hydrogen) atoms. The van der Waals surface area contributed by atoms with Gasteiger partial charge < -0.3 is 14.6 Å². The maximum atomic E-state index is 5.59. The van der Waals surface area contributed by atoms with Crippen molar-refractivity contribution in [1.29, 1.82) is 0 Å². The van der Waals surface area contributed by atoms with Crippen LogP contribution in [0.4, 0.5) is 0 Å². The van der Waals surface area contributed by atoms with E-state index in [1.807, 2.05) is 0 Å². The molecule has 0 aliphatic carbocycles. The van der Waals surface area contributed by atoms with E-state index >= 15 is 0 Å². The van der Waals surface area contributed by atoms with Crippen LogP contribution in [0.25, 0.3) is 0 Å². The van der Waals surface area contributed by atoms with Crippen LogP contribution in [0, 0.1) is 0 Å². The molecule has 1 fully saturated rings. The fourth-order valence-corrected chi connectivity index (χ4v) is 2.40. The Morgan fingerprint density at radius 2 is 2.24 bits per heavy atom. The molecule has 1 N–H and O–H groups in total. The van der Waals surface area contributed by atoms with Crippen LogP contribution in [0.15, 0.2) is 4.52 Å². The van der Waals surface area contributed by atoms with Gasteiger partial charge in [-0.25, -0.2) is 0 Å². The standard InChI is InChI=1S/C12H21N3O2/c1-4-12(5-2,16-3)11-14-10(17-15-11)9-7-6-8-13-9/h9,13H,4-8H2,1-3H3/t9-/m0/s1. The molecule has 96 valence electrons. The van der Waals surface area contributed by atoms with Gasteiger partial charge in [0, 0.05) is 7.11 Å². The third kappa shape index (κ3) is 2.21. The Morgan fingerprint density at radius 1 is 1.47 bits per heavy atom.